The molecule has 0 saturated carbocycles. The van der Waals surface area contributed by atoms with E-state index in [0.717, 1.165) is 61.9 Å². The summed E-state index contributed by atoms with van der Waals surface area (Å²) in [6.07, 6.45) is 4.32. The number of benzene rings is 1. The Kier molecular flexibility index (Phi) is 8.38. The van der Waals surface area contributed by atoms with Crippen molar-refractivity contribution < 1.29 is 13.9 Å². The van der Waals surface area contributed by atoms with Gasteiger partial charge in [-0.1, -0.05) is 26.0 Å². The predicted molar refractivity (Wildman–Crippen MR) is 122 cm³/mol. The number of carbonyl (C=O) groups is 1. The lowest BCUT2D eigenvalue weighted by atomic mass is 10.0. The van der Waals surface area contributed by atoms with E-state index in [2.05, 4.69) is 10.6 Å². The highest BCUT2D eigenvalue weighted by Crippen LogP contribution is 2.14. The summed E-state index contributed by atoms with van der Waals surface area (Å²) < 4.78 is 10.6. The molecule has 0 unspecified atom stereocenters. The number of nitrogens with zero attached hydrogens (tertiary/aromatic N) is 2. The first kappa shape index (κ1) is 22.7. The van der Waals surface area contributed by atoms with Gasteiger partial charge in [0.05, 0.1) is 19.9 Å². The number of piperidine rings is 1. The van der Waals surface area contributed by atoms with Crippen molar-refractivity contribution >= 4 is 11.9 Å². The van der Waals surface area contributed by atoms with Crippen molar-refractivity contribution in [3.8, 4) is 5.75 Å². The third-order valence-corrected chi connectivity index (χ3v) is 5.46. The Morgan fingerprint density at radius 1 is 1.23 bits per heavy atom. The first-order valence-corrected chi connectivity index (χ1v) is 11.0. The second kappa shape index (κ2) is 11.4. The van der Waals surface area contributed by atoms with E-state index in [1.54, 1.807) is 13.4 Å². The molecule has 0 radical (unpaired) electrons. The number of likely N-dealkylation sites (tertiary alicyclic amines) is 1. The number of methoxy groups -OCH3 is 1. The van der Waals surface area contributed by atoms with Crippen LogP contribution in [0.3, 0.4) is 0 Å². The maximum Gasteiger partial charge on any atom is 0.225 e. The van der Waals surface area contributed by atoms with Crippen molar-refractivity contribution in [1.29, 1.82) is 0 Å². The monoisotopic (exact) mass is 426 g/mol. The third kappa shape index (κ3) is 7.05. The largest absolute Gasteiger partial charge is 0.497 e. The summed E-state index contributed by atoms with van der Waals surface area (Å²) in [5.41, 5.74) is 1.12. The van der Waals surface area contributed by atoms with Crippen LogP contribution in [0.4, 0.5) is 0 Å². The molecule has 0 aliphatic carbocycles. The van der Waals surface area contributed by atoms with E-state index in [1.807, 2.05) is 55.1 Å². The molecule has 7 heteroatoms. The number of ether oxygens (including phenoxy) is 1. The van der Waals surface area contributed by atoms with Gasteiger partial charge in [-0.3, -0.25) is 4.79 Å². The van der Waals surface area contributed by atoms with Crippen molar-refractivity contribution in [3.05, 3.63) is 54.0 Å². The van der Waals surface area contributed by atoms with Gasteiger partial charge in [0.15, 0.2) is 5.96 Å². The first-order valence-electron chi connectivity index (χ1n) is 11.0. The molecular weight excluding hydrogens is 392 g/mol. The number of aliphatic imine (C=N–C) groups is 1. The van der Waals surface area contributed by atoms with Gasteiger partial charge in [-0.25, -0.2) is 4.99 Å². The predicted octanol–water partition coefficient (Wildman–Crippen LogP) is 3.21. The lowest BCUT2D eigenvalue weighted by Gasteiger charge is -2.34. The summed E-state index contributed by atoms with van der Waals surface area (Å²) in [5, 5.41) is 6.99. The summed E-state index contributed by atoms with van der Waals surface area (Å²) in [4.78, 5) is 19.0. The maximum absolute atomic E-state index is 12.2. The SMILES string of the molecule is COc1ccc(CN=C(NCCc2ccco2)NC2CCN(C(=O)C(C)C)CC2)cc1. The second-order valence-corrected chi connectivity index (χ2v) is 8.17. The summed E-state index contributed by atoms with van der Waals surface area (Å²) >= 11 is 0. The standard InChI is InChI=1S/C24H34N4O3/c1-18(2)23(29)28-14-11-20(12-15-28)27-24(25-13-10-22-5-4-16-31-22)26-17-19-6-8-21(30-3)9-7-19/h4-9,16,18,20H,10-15,17H2,1-3H3,(H2,25,26,27). The van der Waals surface area contributed by atoms with E-state index in [-0.39, 0.29) is 11.8 Å². The molecule has 0 atom stereocenters. The zero-order valence-electron chi connectivity index (χ0n) is 18.8. The van der Waals surface area contributed by atoms with E-state index in [0.29, 0.717) is 12.6 Å². The second-order valence-electron chi connectivity index (χ2n) is 8.17. The number of furan rings is 1. The summed E-state index contributed by atoms with van der Waals surface area (Å²) in [6.45, 7) is 6.79. The molecule has 7 nitrogen and oxygen atoms in total. The summed E-state index contributed by atoms with van der Waals surface area (Å²) in [6, 6.07) is 12.1. The van der Waals surface area contributed by atoms with Crippen molar-refractivity contribution in [2.45, 2.75) is 45.7 Å². The van der Waals surface area contributed by atoms with Crippen LogP contribution in [0.1, 0.15) is 38.0 Å². The van der Waals surface area contributed by atoms with Crippen LogP contribution in [0.25, 0.3) is 0 Å². The molecule has 3 rings (SSSR count). The Bertz CT molecular complexity index is 823. The molecule has 0 bridgehead atoms. The molecule has 1 aromatic carbocycles. The average molecular weight is 427 g/mol. The van der Waals surface area contributed by atoms with Gasteiger partial charge in [0.25, 0.3) is 0 Å². The fraction of sp³-hybridized carbons (Fsp3) is 0.500. The molecule has 31 heavy (non-hydrogen) atoms. The minimum Gasteiger partial charge on any atom is -0.497 e. The van der Waals surface area contributed by atoms with Crippen LogP contribution in [-0.4, -0.2) is 49.6 Å². The topological polar surface area (TPSA) is 79.1 Å². The summed E-state index contributed by atoms with van der Waals surface area (Å²) in [7, 11) is 1.66. The van der Waals surface area contributed by atoms with Crippen molar-refractivity contribution in [2.75, 3.05) is 26.7 Å². The number of nitrogens with one attached hydrogen (secondary N) is 2. The smallest absolute Gasteiger partial charge is 0.225 e. The van der Waals surface area contributed by atoms with Crippen LogP contribution in [0, 0.1) is 5.92 Å². The van der Waals surface area contributed by atoms with Crippen LogP contribution < -0.4 is 15.4 Å². The van der Waals surface area contributed by atoms with Crippen LogP contribution in [0.15, 0.2) is 52.1 Å². The third-order valence-electron chi connectivity index (χ3n) is 5.46. The molecule has 1 aromatic heterocycles. The molecule has 1 fully saturated rings. The molecule has 168 valence electrons. The molecule has 2 N–H and O–H groups in total. The first-order chi connectivity index (χ1) is 15.0. The van der Waals surface area contributed by atoms with Gasteiger partial charge in [0, 0.05) is 38.0 Å². The molecule has 0 spiro atoms. The number of hydrogen-bond donors (Lipinski definition) is 2. The number of hydrogen-bond acceptors (Lipinski definition) is 4. The molecule has 1 saturated heterocycles. The Hall–Kier alpha value is -2.96. The Morgan fingerprint density at radius 3 is 2.58 bits per heavy atom. The number of rotatable bonds is 8. The fourth-order valence-corrected chi connectivity index (χ4v) is 3.62. The number of guanidine groups is 1. The van der Waals surface area contributed by atoms with Crippen molar-refractivity contribution in [2.24, 2.45) is 10.9 Å². The molecule has 2 aromatic rings. The zero-order chi connectivity index (χ0) is 22.1. The van der Waals surface area contributed by atoms with Gasteiger partial charge in [0.2, 0.25) is 5.91 Å². The van der Waals surface area contributed by atoms with Gasteiger partial charge in [0.1, 0.15) is 11.5 Å². The van der Waals surface area contributed by atoms with Gasteiger partial charge < -0.3 is 24.7 Å². The highest BCUT2D eigenvalue weighted by Gasteiger charge is 2.24. The Morgan fingerprint density at radius 2 is 1.97 bits per heavy atom. The lowest BCUT2D eigenvalue weighted by Crippen LogP contribution is -2.50. The van der Waals surface area contributed by atoms with Crippen molar-refractivity contribution in [1.82, 2.24) is 15.5 Å². The average Bonchev–Trinajstić information content (AvgIpc) is 3.31. The van der Waals surface area contributed by atoms with Gasteiger partial charge in [-0.05, 0) is 42.7 Å². The normalized spacial score (nSPS) is 15.2. The van der Waals surface area contributed by atoms with Gasteiger partial charge in [-0.15, -0.1) is 0 Å². The fourth-order valence-electron chi connectivity index (χ4n) is 3.62. The molecule has 1 aliphatic heterocycles. The molecule has 2 heterocycles. The zero-order valence-corrected chi connectivity index (χ0v) is 18.8. The highest BCUT2D eigenvalue weighted by molar-refractivity contribution is 5.80. The number of carbonyl (C=O) groups excluding carboxylic acids is 1. The van der Waals surface area contributed by atoms with E-state index in [4.69, 9.17) is 14.1 Å². The lowest BCUT2D eigenvalue weighted by molar-refractivity contribution is -0.135. The van der Waals surface area contributed by atoms with Gasteiger partial charge >= 0.3 is 0 Å². The molecular formula is C24H34N4O3. The number of amides is 1. The van der Waals surface area contributed by atoms with Crippen molar-refractivity contribution in [3.63, 3.8) is 0 Å². The molecule has 1 amide bonds. The Balaban J connectivity index is 1.57. The van der Waals surface area contributed by atoms with E-state index in [9.17, 15) is 4.79 Å². The van der Waals surface area contributed by atoms with Crippen LogP contribution >= 0.6 is 0 Å². The Labute approximate surface area is 184 Å². The van der Waals surface area contributed by atoms with E-state index in [1.165, 1.54) is 0 Å². The van der Waals surface area contributed by atoms with Crippen LogP contribution in [0.2, 0.25) is 0 Å². The van der Waals surface area contributed by atoms with Crippen LogP contribution in [0.5, 0.6) is 5.75 Å². The minimum atomic E-state index is 0.0504. The quantitative estimate of drug-likeness (QED) is 0.501. The molecule has 1 aliphatic rings. The highest BCUT2D eigenvalue weighted by atomic mass is 16.5. The van der Waals surface area contributed by atoms with Crippen LogP contribution in [-0.2, 0) is 17.8 Å². The summed E-state index contributed by atoms with van der Waals surface area (Å²) in [5.74, 6) is 2.86. The van der Waals surface area contributed by atoms with E-state index < -0.39 is 0 Å². The maximum atomic E-state index is 12.2. The minimum absolute atomic E-state index is 0.0504. The van der Waals surface area contributed by atoms with Gasteiger partial charge in [-0.2, -0.15) is 0 Å². The van der Waals surface area contributed by atoms with E-state index >= 15 is 0 Å².